The van der Waals surface area contributed by atoms with Crippen LogP contribution in [0.5, 0.6) is 0 Å². The van der Waals surface area contributed by atoms with E-state index in [0.717, 1.165) is 6.42 Å². The maximum atomic E-state index is 12.4. The van der Waals surface area contributed by atoms with Gasteiger partial charge in [-0.1, -0.05) is 36.4 Å². The van der Waals surface area contributed by atoms with Gasteiger partial charge in [-0.05, 0) is 30.2 Å². The maximum absolute atomic E-state index is 12.4. The minimum absolute atomic E-state index is 0.00888. The van der Waals surface area contributed by atoms with E-state index in [0.29, 0.717) is 29.8 Å². The smallest absolute Gasteiger partial charge is 0.312 e. The van der Waals surface area contributed by atoms with Gasteiger partial charge in [0.15, 0.2) is 0 Å². The third-order valence-electron chi connectivity index (χ3n) is 4.46. The predicted octanol–water partition coefficient (Wildman–Crippen LogP) is 2.41. The van der Waals surface area contributed by atoms with E-state index in [9.17, 15) is 19.5 Å². The second-order valence-corrected chi connectivity index (χ2v) is 6.21. The molecule has 0 aromatic heterocycles. The number of carboxylic acids is 1. The molecule has 0 spiro atoms. The van der Waals surface area contributed by atoms with E-state index >= 15 is 0 Å². The van der Waals surface area contributed by atoms with Gasteiger partial charge in [-0.3, -0.25) is 14.4 Å². The number of nitrogens with zero attached hydrogens (tertiary/aromatic N) is 1. The molecule has 1 heterocycles. The molecule has 26 heavy (non-hydrogen) atoms. The van der Waals surface area contributed by atoms with Crippen molar-refractivity contribution >= 4 is 23.5 Å². The SMILES string of the molecule is O=C(NCC(C(=O)O)c1ccccc1)c1cccc(N2CCCC2=O)c1. The van der Waals surface area contributed by atoms with E-state index in [1.807, 2.05) is 6.07 Å². The lowest BCUT2D eigenvalue weighted by Gasteiger charge is -2.17. The molecule has 0 radical (unpaired) electrons. The molecule has 2 N–H and O–H groups in total. The lowest BCUT2D eigenvalue weighted by atomic mass is 9.99. The van der Waals surface area contributed by atoms with Crippen molar-refractivity contribution in [3.05, 3.63) is 65.7 Å². The summed E-state index contributed by atoms with van der Waals surface area (Å²) in [6.07, 6.45) is 1.33. The average Bonchev–Trinajstić information content (AvgIpc) is 3.08. The molecule has 1 atom stereocenters. The Bertz CT molecular complexity index is 820. The van der Waals surface area contributed by atoms with Gasteiger partial charge in [-0.2, -0.15) is 0 Å². The van der Waals surface area contributed by atoms with E-state index in [1.54, 1.807) is 53.4 Å². The highest BCUT2D eigenvalue weighted by molar-refractivity contribution is 5.99. The first-order valence-electron chi connectivity index (χ1n) is 8.52. The van der Waals surface area contributed by atoms with Crippen LogP contribution in [-0.2, 0) is 9.59 Å². The Balaban J connectivity index is 1.70. The van der Waals surface area contributed by atoms with E-state index in [-0.39, 0.29) is 18.4 Å². The minimum atomic E-state index is -0.993. The van der Waals surface area contributed by atoms with Crippen LogP contribution in [0.2, 0.25) is 0 Å². The Labute approximate surface area is 151 Å². The first kappa shape index (κ1) is 17.7. The highest BCUT2D eigenvalue weighted by Crippen LogP contribution is 2.22. The molecule has 1 aliphatic rings. The van der Waals surface area contributed by atoms with Crippen LogP contribution in [0.15, 0.2) is 54.6 Å². The molecule has 1 unspecified atom stereocenters. The number of rotatable bonds is 6. The lowest BCUT2D eigenvalue weighted by Crippen LogP contribution is -2.32. The highest BCUT2D eigenvalue weighted by atomic mass is 16.4. The summed E-state index contributed by atoms with van der Waals surface area (Å²) in [6.45, 7) is 0.643. The van der Waals surface area contributed by atoms with Gasteiger partial charge >= 0.3 is 5.97 Å². The fourth-order valence-corrected chi connectivity index (χ4v) is 3.07. The quantitative estimate of drug-likeness (QED) is 0.836. The van der Waals surface area contributed by atoms with Gasteiger partial charge in [0.05, 0.1) is 5.92 Å². The molecule has 1 aliphatic heterocycles. The molecule has 0 aliphatic carbocycles. The molecule has 1 saturated heterocycles. The Morgan fingerprint density at radius 3 is 2.54 bits per heavy atom. The van der Waals surface area contributed by atoms with Gasteiger partial charge in [-0.15, -0.1) is 0 Å². The van der Waals surface area contributed by atoms with E-state index in [2.05, 4.69) is 5.32 Å². The summed E-state index contributed by atoms with van der Waals surface area (Å²) >= 11 is 0. The molecule has 6 nitrogen and oxygen atoms in total. The molecule has 2 amide bonds. The van der Waals surface area contributed by atoms with Gasteiger partial charge < -0.3 is 15.3 Å². The fourth-order valence-electron chi connectivity index (χ4n) is 3.07. The number of carboxylic acid groups (broad SMARTS) is 1. The van der Waals surface area contributed by atoms with Crippen molar-refractivity contribution in [2.24, 2.45) is 0 Å². The summed E-state index contributed by atoms with van der Waals surface area (Å²) in [4.78, 5) is 37.5. The number of hydrogen-bond donors (Lipinski definition) is 2. The molecule has 0 saturated carbocycles. The fraction of sp³-hybridized carbons (Fsp3) is 0.250. The Morgan fingerprint density at radius 1 is 1.12 bits per heavy atom. The number of benzene rings is 2. The van der Waals surface area contributed by atoms with Crippen molar-refractivity contribution in [1.82, 2.24) is 5.32 Å². The molecule has 2 aromatic carbocycles. The van der Waals surface area contributed by atoms with Crippen molar-refractivity contribution in [3.63, 3.8) is 0 Å². The Morgan fingerprint density at radius 2 is 1.88 bits per heavy atom. The molecular formula is C20H20N2O4. The summed E-state index contributed by atoms with van der Waals surface area (Å²) in [5, 5.41) is 12.1. The maximum Gasteiger partial charge on any atom is 0.312 e. The zero-order chi connectivity index (χ0) is 18.5. The van der Waals surface area contributed by atoms with Crippen molar-refractivity contribution in [3.8, 4) is 0 Å². The van der Waals surface area contributed by atoms with Crippen molar-refractivity contribution in [2.45, 2.75) is 18.8 Å². The number of hydrogen-bond acceptors (Lipinski definition) is 3. The molecule has 3 rings (SSSR count). The van der Waals surface area contributed by atoms with Gasteiger partial charge in [0.25, 0.3) is 5.91 Å². The van der Waals surface area contributed by atoms with E-state index in [1.165, 1.54) is 0 Å². The summed E-state index contributed by atoms with van der Waals surface area (Å²) in [5.41, 5.74) is 1.73. The van der Waals surface area contributed by atoms with Crippen LogP contribution in [0.25, 0.3) is 0 Å². The van der Waals surface area contributed by atoms with Crippen molar-refractivity contribution < 1.29 is 19.5 Å². The highest BCUT2D eigenvalue weighted by Gasteiger charge is 2.23. The number of aliphatic carboxylic acids is 1. The Kier molecular flexibility index (Phi) is 5.31. The van der Waals surface area contributed by atoms with Crippen molar-refractivity contribution in [1.29, 1.82) is 0 Å². The number of carbonyl (C=O) groups excluding carboxylic acids is 2. The second-order valence-electron chi connectivity index (χ2n) is 6.21. The van der Waals surface area contributed by atoms with E-state index < -0.39 is 11.9 Å². The normalized spacial score (nSPS) is 14.9. The van der Waals surface area contributed by atoms with E-state index in [4.69, 9.17) is 0 Å². The molecule has 6 heteroatoms. The number of carbonyl (C=O) groups is 3. The van der Waals surface area contributed by atoms with Crippen LogP contribution in [0.4, 0.5) is 5.69 Å². The standard InChI is InChI=1S/C20H20N2O4/c23-18-10-5-11-22(18)16-9-4-8-15(12-16)19(24)21-13-17(20(25)26)14-6-2-1-3-7-14/h1-4,6-9,12,17H,5,10-11,13H2,(H,21,24)(H,25,26). The van der Waals surface area contributed by atoms with Crippen LogP contribution in [-0.4, -0.2) is 36.0 Å². The molecular weight excluding hydrogens is 332 g/mol. The summed E-state index contributed by atoms with van der Waals surface area (Å²) < 4.78 is 0. The summed E-state index contributed by atoms with van der Waals surface area (Å²) in [7, 11) is 0. The molecule has 2 aromatic rings. The lowest BCUT2D eigenvalue weighted by molar-refractivity contribution is -0.138. The third-order valence-corrected chi connectivity index (χ3v) is 4.46. The largest absolute Gasteiger partial charge is 0.481 e. The van der Waals surface area contributed by atoms with Crippen LogP contribution < -0.4 is 10.2 Å². The van der Waals surface area contributed by atoms with Crippen LogP contribution in [0.1, 0.15) is 34.7 Å². The molecule has 0 bridgehead atoms. The van der Waals surface area contributed by atoms with Gasteiger partial charge in [0.2, 0.25) is 5.91 Å². The number of nitrogens with one attached hydrogen (secondary N) is 1. The Hall–Kier alpha value is -3.15. The molecule has 134 valence electrons. The van der Waals surface area contributed by atoms with Crippen LogP contribution >= 0.6 is 0 Å². The molecule has 1 fully saturated rings. The average molecular weight is 352 g/mol. The van der Waals surface area contributed by atoms with Gasteiger partial charge in [-0.25, -0.2) is 0 Å². The first-order chi connectivity index (χ1) is 12.6. The minimum Gasteiger partial charge on any atom is -0.481 e. The van der Waals surface area contributed by atoms with Crippen LogP contribution in [0.3, 0.4) is 0 Å². The topological polar surface area (TPSA) is 86.7 Å². The summed E-state index contributed by atoms with van der Waals surface area (Å²) in [6, 6.07) is 15.6. The van der Waals surface area contributed by atoms with Gasteiger partial charge in [0, 0.05) is 30.8 Å². The monoisotopic (exact) mass is 352 g/mol. The first-order valence-corrected chi connectivity index (χ1v) is 8.52. The summed E-state index contributed by atoms with van der Waals surface area (Å²) in [5.74, 6) is -2.12. The third kappa shape index (κ3) is 3.91. The second kappa shape index (κ2) is 7.82. The number of anilines is 1. The van der Waals surface area contributed by atoms with Crippen molar-refractivity contribution in [2.75, 3.05) is 18.0 Å². The van der Waals surface area contributed by atoms with Crippen LogP contribution in [0, 0.1) is 0 Å². The predicted molar refractivity (Wildman–Crippen MR) is 97.2 cm³/mol. The zero-order valence-corrected chi connectivity index (χ0v) is 14.2. The number of amides is 2. The van der Waals surface area contributed by atoms with Gasteiger partial charge in [0.1, 0.15) is 0 Å². The zero-order valence-electron chi connectivity index (χ0n) is 14.2.